The molecule has 1 aromatic carbocycles. The second-order valence-corrected chi connectivity index (χ2v) is 4.44. The fourth-order valence-corrected chi connectivity index (χ4v) is 2.20. The van der Waals surface area contributed by atoms with E-state index in [-0.39, 0.29) is 5.78 Å². The highest BCUT2D eigenvalue weighted by Gasteiger charge is 2.12. The molecule has 0 amide bonds. The maximum Gasteiger partial charge on any atom is 0.161 e. The second-order valence-electron chi connectivity index (χ2n) is 4.44. The first kappa shape index (κ1) is 13.2. The standard InChI is InChI=1S/C15H16N2O2/c1-11(18)14-10-17(8-4-3-7-16)15-6-5-12(19-2)9-13(14)15/h5-6,9-10H,3-4,8H2,1-2H3. The number of carbonyl (C=O) groups is 1. The molecule has 2 aromatic rings. The largest absolute Gasteiger partial charge is 0.497 e. The van der Waals surface area contributed by atoms with Crippen molar-refractivity contribution >= 4 is 16.7 Å². The average Bonchev–Trinajstić information content (AvgIpc) is 2.77. The zero-order valence-electron chi connectivity index (χ0n) is 11.1. The molecular formula is C15H16N2O2. The number of benzene rings is 1. The molecule has 0 atom stereocenters. The molecule has 0 unspecified atom stereocenters. The maximum atomic E-state index is 11.7. The number of methoxy groups -OCH3 is 1. The summed E-state index contributed by atoms with van der Waals surface area (Å²) in [5.74, 6) is 0.780. The topological polar surface area (TPSA) is 55.0 Å². The summed E-state index contributed by atoms with van der Waals surface area (Å²) in [5, 5.41) is 9.50. The smallest absolute Gasteiger partial charge is 0.161 e. The molecule has 0 aliphatic carbocycles. The zero-order valence-corrected chi connectivity index (χ0v) is 11.1. The number of ketones is 1. The van der Waals surface area contributed by atoms with Gasteiger partial charge in [-0.1, -0.05) is 0 Å². The Balaban J connectivity index is 2.48. The van der Waals surface area contributed by atoms with Gasteiger partial charge in [-0.3, -0.25) is 4.79 Å². The summed E-state index contributed by atoms with van der Waals surface area (Å²) in [5.41, 5.74) is 1.70. The molecule has 0 bridgehead atoms. The number of Topliss-reactive ketones (excluding diaryl/α,β-unsaturated/α-hetero) is 1. The van der Waals surface area contributed by atoms with Crippen LogP contribution in [0.3, 0.4) is 0 Å². The Labute approximate surface area is 112 Å². The summed E-state index contributed by atoms with van der Waals surface area (Å²) in [6.45, 7) is 2.30. The van der Waals surface area contributed by atoms with Crippen LogP contribution < -0.4 is 4.74 Å². The molecule has 1 heterocycles. The van der Waals surface area contributed by atoms with Crippen molar-refractivity contribution in [2.45, 2.75) is 26.3 Å². The highest BCUT2D eigenvalue weighted by molar-refractivity contribution is 6.07. The molecule has 2 rings (SSSR count). The number of nitriles is 1. The molecular weight excluding hydrogens is 240 g/mol. The molecule has 98 valence electrons. The number of unbranched alkanes of at least 4 members (excludes halogenated alkanes) is 1. The third kappa shape index (κ3) is 2.60. The van der Waals surface area contributed by atoms with Gasteiger partial charge in [0.15, 0.2) is 5.78 Å². The van der Waals surface area contributed by atoms with Crippen LogP contribution in [0.15, 0.2) is 24.4 Å². The van der Waals surface area contributed by atoms with Gasteiger partial charge < -0.3 is 9.30 Å². The summed E-state index contributed by atoms with van der Waals surface area (Å²) >= 11 is 0. The van der Waals surface area contributed by atoms with Gasteiger partial charge in [0.2, 0.25) is 0 Å². The van der Waals surface area contributed by atoms with Crippen LogP contribution >= 0.6 is 0 Å². The van der Waals surface area contributed by atoms with E-state index in [4.69, 9.17) is 10.00 Å². The number of rotatable bonds is 5. The van der Waals surface area contributed by atoms with Crippen LogP contribution in [-0.4, -0.2) is 17.5 Å². The van der Waals surface area contributed by atoms with Gasteiger partial charge in [-0.05, 0) is 31.5 Å². The minimum absolute atomic E-state index is 0.0392. The number of nitrogens with zero attached hydrogens (tertiary/aromatic N) is 2. The van der Waals surface area contributed by atoms with Gasteiger partial charge in [-0.2, -0.15) is 5.26 Å². The number of hydrogen-bond donors (Lipinski definition) is 0. The minimum atomic E-state index is 0.0392. The number of aryl methyl sites for hydroxylation is 1. The summed E-state index contributed by atoms with van der Waals surface area (Å²) < 4.78 is 7.23. The Morgan fingerprint density at radius 3 is 2.89 bits per heavy atom. The van der Waals surface area contributed by atoms with E-state index in [9.17, 15) is 4.79 Å². The molecule has 0 radical (unpaired) electrons. The van der Waals surface area contributed by atoms with Gasteiger partial charge in [0, 0.05) is 35.6 Å². The summed E-state index contributed by atoms with van der Waals surface area (Å²) in [6.07, 6.45) is 3.17. The number of ether oxygens (including phenoxy) is 1. The van der Waals surface area contributed by atoms with Crippen molar-refractivity contribution in [3.63, 3.8) is 0 Å². The van der Waals surface area contributed by atoms with E-state index < -0.39 is 0 Å². The fourth-order valence-electron chi connectivity index (χ4n) is 2.20. The van der Waals surface area contributed by atoms with Crippen LogP contribution in [0.1, 0.15) is 30.1 Å². The fraction of sp³-hybridized carbons (Fsp3) is 0.333. The van der Waals surface area contributed by atoms with Gasteiger partial charge in [0.05, 0.1) is 13.2 Å². The van der Waals surface area contributed by atoms with Crippen molar-refractivity contribution in [1.29, 1.82) is 5.26 Å². The van der Waals surface area contributed by atoms with E-state index in [0.29, 0.717) is 12.0 Å². The lowest BCUT2D eigenvalue weighted by molar-refractivity contribution is 0.101. The molecule has 0 fully saturated rings. The Morgan fingerprint density at radius 1 is 1.47 bits per heavy atom. The molecule has 0 aliphatic rings. The van der Waals surface area contributed by atoms with Crippen LogP contribution in [0.4, 0.5) is 0 Å². The molecule has 0 aliphatic heterocycles. The van der Waals surface area contributed by atoms with Crippen molar-refractivity contribution in [1.82, 2.24) is 4.57 Å². The Hall–Kier alpha value is -2.28. The zero-order chi connectivity index (χ0) is 13.8. The lowest BCUT2D eigenvalue weighted by atomic mass is 10.1. The molecule has 0 saturated carbocycles. The lowest BCUT2D eigenvalue weighted by Gasteiger charge is -2.04. The van der Waals surface area contributed by atoms with Gasteiger partial charge in [-0.15, -0.1) is 0 Å². The van der Waals surface area contributed by atoms with E-state index >= 15 is 0 Å². The van der Waals surface area contributed by atoms with E-state index in [1.54, 1.807) is 14.0 Å². The summed E-state index contributed by atoms with van der Waals surface area (Å²) in [4.78, 5) is 11.7. The highest BCUT2D eigenvalue weighted by atomic mass is 16.5. The SMILES string of the molecule is COc1ccc2c(c1)c(C(C)=O)cn2CCCC#N. The van der Waals surface area contributed by atoms with Crippen LogP contribution in [0.5, 0.6) is 5.75 Å². The number of carbonyl (C=O) groups excluding carboxylic acids is 1. The average molecular weight is 256 g/mol. The molecule has 4 heteroatoms. The van der Waals surface area contributed by atoms with Crippen LogP contribution in [-0.2, 0) is 6.54 Å². The van der Waals surface area contributed by atoms with Crippen molar-refractivity contribution < 1.29 is 9.53 Å². The Kier molecular flexibility index (Phi) is 3.86. The lowest BCUT2D eigenvalue weighted by Crippen LogP contribution is -1.96. The van der Waals surface area contributed by atoms with Gasteiger partial charge in [0.1, 0.15) is 5.75 Å². The summed E-state index contributed by atoms with van der Waals surface area (Å²) in [6, 6.07) is 7.85. The maximum absolute atomic E-state index is 11.7. The quantitative estimate of drug-likeness (QED) is 0.610. The van der Waals surface area contributed by atoms with Gasteiger partial charge >= 0.3 is 0 Å². The molecule has 0 spiro atoms. The first-order chi connectivity index (χ1) is 9.17. The van der Waals surface area contributed by atoms with Crippen molar-refractivity contribution in [2.75, 3.05) is 7.11 Å². The van der Waals surface area contributed by atoms with Crippen LogP contribution in [0.25, 0.3) is 10.9 Å². The van der Waals surface area contributed by atoms with E-state index in [0.717, 1.165) is 29.6 Å². The van der Waals surface area contributed by atoms with Crippen molar-refractivity contribution in [3.8, 4) is 11.8 Å². The first-order valence-electron chi connectivity index (χ1n) is 6.22. The van der Waals surface area contributed by atoms with Gasteiger partial charge in [0.25, 0.3) is 0 Å². The third-order valence-corrected chi connectivity index (χ3v) is 3.16. The van der Waals surface area contributed by atoms with E-state index in [1.165, 1.54) is 0 Å². The Morgan fingerprint density at radius 2 is 2.26 bits per heavy atom. The van der Waals surface area contributed by atoms with Crippen molar-refractivity contribution in [3.05, 3.63) is 30.0 Å². The first-order valence-corrected chi connectivity index (χ1v) is 6.22. The number of aromatic nitrogens is 1. The number of fused-ring (bicyclic) bond motifs is 1. The molecule has 4 nitrogen and oxygen atoms in total. The van der Waals surface area contributed by atoms with Crippen LogP contribution in [0, 0.1) is 11.3 Å². The second kappa shape index (κ2) is 5.57. The summed E-state index contributed by atoms with van der Waals surface area (Å²) in [7, 11) is 1.61. The predicted molar refractivity (Wildman–Crippen MR) is 73.3 cm³/mol. The molecule has 0 saturated heterocycles. The predicted octanol–water partition coefficient (Wildman–Crippen LogP) is 3.16. The Bertz CT molecular complexity index is 650. The minimum Gasteiger partial charge on any atom is -0.497 e. The van der Waals surface area contributed by atoms with E-state index in [2.05, 4.69) is 6.07 Å². The monoisotopic (exact) mass is 256 g/mol. The van der Waals surface area contributed by atoms with E-state index in [1.807, 2.05) is 29.0 Å². The molecule has 0 N–H and O–H groups in total. The number of hydrogen-bond acceptors (Lipinski definition) is 3. The van der Waals surface area contributed by atoms with Crippen molar-refractivity contribution in [2.24, 2.45) is 0 Å². The molecule has 19 heavy (non-hydrogen) atoms. The van der Waals surface area contributed by atoms with Gasteiger partial charge in [-0.25, -0.2) is 0 Å². The molecule has 1 aromatic heterocycles. The highest BCUT2D eigenvalue weighted by Crippen LogP contribution is 2.26. The normalized spacial score (nSPS) is 10.4. The third-order valence-electron chi connectivity index (χ3n) is 3.16. The van der Waals surface area contributed by atoms with Crippen LogP contribution in [0.2, 0.25) is 0 Å².